The van der Waals surface area contributed by atoms with Gasteiger partial charge < -0.3 is 5.73 Å². The van der Waals surface area contributed by atoms with Crippen LogP contribution in [0.3, 0.4) is 0 Å². The van der Waals surface area contributed by atoms with Crippen molar-refractivity contribution in [3.8, 4) is 6.07 Å². The SMILES string of the molecule is CCCCCCCC(CCCCCCC)N1CC[C@@H](N)[C@@H](C#N)C1. The van der Waals surface area contributed by atoms with Crippen LogP contribution in [0.2, 0.25) is 0 Å². The summed E-state index contributed by atoms with van der Waals surface area (Å²) < 4.78 is 0. The Labute approximate surface area is 151 Å². The average Bonchev–Trinajstić information content (AvgIpc) is 2.60. The van der Waals surface area contributed by atoms with Crippen molar-refractivity contribution in [3.63, 3.8) is 0 Å². The zero-order valence-electron chi connectivity index (χ0n) is 16.3. The van der Waals surface area contributed by atoms with E-state index in [9.17, 15) is 5.26 Å². The van der Waals surface area contributed by atoms with Gasteiger partial charge in [0.25, 0.3) is 0 Å². The molecular formula is C21H41N3. The monoisotopic (exact) mass is 335 g/mol. The fourth-order valence-electron chi connectivity index (χ4n) is 3.94. The maximum atomic E-state index is 9.35. The minimum absolute atomic E-state index is 0.0291. The highest BCUT2D eigenvalue weighted by atomic mass is 15.2. The predicted molar refractivity (Wildman–Crippen MR) is 104 cm³/mol. The van der Waals surface area contributed by atoms with Gasteiger partial charge in [-0.3, -0.25) is 4.90 Å². The first-order valence-electron chi connectivity index (χ1n) is 10.6. The van der Waals surface area contributed by atoms with E-state index < -0.39 is 0 Å². The first-order valence-corrected chi connectivity index (χ1v) is 10.6. The van der Waals surface area contributed by atoms with E-state index in [4.69, 9.17) is 5.73 Å². The van der Waals surface area contributed by atoms with Crippen LogP contribution in [0.1, 0.15) is 97.3 Å². The molecule has 0 spiro atoms. The van der Waals surface area contributed by atoms with Gasteiger partial charge in [-0.15, -0.1) is 0 Å². The van der Waals surface area contributed by atoms with Crippen molar-refractivity contribution >= 4 is 0 Å². The molecule has 1 fully saturated rings. The van der Waals surface area contributed by atoms with Gasteiger partial charge in [0.2, 0.25) is 0 Å². The van der Waals surface area contributed by atoms with E-state index in [0.29, 0.717) is 6.04 Å². The van der Waals surface area contributed by atoms with E-state index in [1.54, 1.807) is 0 Å². The molecule has 1 aliphatic heterocycles. The first kappa shape index (κ1) is 21.5. The van der Waals surface area contributed by atoms with Crippen molar-refractivity contribution in [3.05, 3.63) is 0 Å². The molecule has 0 unspecified atom stereocenters. The third-order valence-corrected chi connectivity index (χ3v) is 5.66. The molecule has 0 aromatic carbocycles. The molecule has 0 radical (unpaired) electrons. The highest BCUT2D eigenvalue weighted by Gasteiger charge is 2.30. The van der Waals surface area contributed by atoms with E-state index in [-0.39, 0.29) is 12.0 Å². The van der Waals surface area contributed by atoms with Crippen LogP contribution in [0, 0.1) is 17.2 Å². The molecule has 3 heteroatoms. The Morgan fingerprint density at radius 1 is 0.958 bits per heavy atom. The summed E-state index contributed by atoms with van der Waals surface area (Å²) in [6, 6.07) is 3.20. The molecule has 0 amide bonds. The summed E-state index contributed by atoms with van der Waals surface area (Å²) >= 11 is 0. The van der Waals surface area contributed by atoms with Gasteiger partial charge in [-0.2, -0.15) is 5.26 Å². The number of nitrogens with two attached hydrogens (primary N) is 1. The Kier molecular flexibility index (Phi) is 12.2. The maximum absolute atomic E-state index is 9.35. The molecule has 1 aliphatic rings. The van der Waals surface area contributed by atoms with Gasteiger partial charge >= 0.3 is 0 Å². The molecule has 0 aromatic heterocycles. The summed E-state index contributed by atoms with van der Waals surface area (Å²) in [5.74, 6) is 0.0291. The molecule has 0 saturated carbocycles. The van der Waals surface area contributed by atoms with Crippen LogP contribution in [0.15, 0.2) is 0 Å². The zero-order valence-corrected chi connectivity index (χ0v) is 16.3. The van der Waals surface area contributed by atoms with Crippen molar-refractivity contribution in [2.45, 2.75) is 109 Å². The lowest BCUT2D eigenvalue weighted by Gasteiger charge is -2.39. The van der Waals surface area contributed by atoms with Gasteiger partial charge in [0, 0.05) is 18.6 Å². The van der Waals surface area contributed by atoms with Crippen LogP contribution >= 0.6 is 0 Å². The molecule has 2 atom stereocenters. The number of likely N-dealkylation sites (tertiary alicyclic amines) is 1. The molecule has 140 valence electrons. The second kappa shape index (κ2) is 13.7. The molecule has 1 heterocycles. The maximum Gasteiger partial charge on any atom is 0.0741 e. The third-order valence-electron chi connectivity index (χ3n) is 5.66. The molecular weight excluding hydrogens is 294 g/mol. The van der Waals surface area contributed by atoms with Crippen LogP contribution in [-0.2, 0) is 0 Å². The van der Waals surface area contributed by atoms with Crippen LogP contribution in [0.4, 0.5) is 0 Å². The fourth-order valence-corrected chi connectivity index (χ4v) is 3.94. The Morgan fingerprint density at radius 3 is 2.00 bits per heavy atom. The van der Waals surface area contributed by atoms with Gasteiger partial charge in [0.15, 0.2) is 0 Å². The normalized spacial score (nSPS) is 22.0. The summed E-state index contributed by atoms with van der Waals surface area (Å²) in [4.78, 5) is 2.59. The second-order valence-corrected chi connectivity index (χ2v) is 7.74. The number of rotatable bonds is 13. The molecule has 3 nitrogen and oxygen atoms in total. The van der Waals surface area contributed by atoms with Crippen molar-refractivity contribution < 1.29 is 0 Å². The Morgan fingerprint density at radius 2 is 1.50 bits per heavy atom. The minimum atomic E-state index is 0.0291. The topological polar surface area (TPSA) is 53.0 Å². The molecule has 2 N–H and O–H groups in total. The predicted octanol–water partition coefficient (Wildman–Crippen LogP) is 5.25. The quantitative estimate of drug-likeness (QED) is 0.468. The van der Waals surface area contributed by atoms with E-state index in [1.807, 2.05) is 0 Å². The highest BCUT2D eigenvalue weighted by molar-refractivity contribution is 4.97. The van der Waals surface area contributed by atoms with Crippen molar-refractivity contribution in [2.75, 3.05) is 13.1 Å². The van der Waals surface area contributed by atoms with Crippen molar-refractivity contribution in [2.24, 2.45) is 11.7 Å². The number of hydrogen-bond donors (Lipinski definition) is 1. The molecule has 1 saturated heterocycles. The Hall–Kier alpha value is -0.590. The van der Waals surface area contributed by atoms with Crippen molar-refractivity contribution in [1.82, 2.24) is 4.90 Å². The Balaban J connectivity index is 2.42. The smallest absolute Gasteiger partial charge is 0.0741 e. The molecule has 0 bridgehead atoms. The third kappa shape index (κ3) is 8.49. The van der Waals surface area contributed by atoms with Crippen LogP contribution < -0.4 is 5.73 Å². The number of unbranched alkanes of at least 4 members (excludes halogenated alkanes) is 8. The number of hydrogen-bond acceptors (Lipinski definition) is 3. The lowest BCUT2D eigenvalue weighted by atomic mass is 9.90. The largest absolute Gasteiger partial charge is 0.326 e. The summed E-state index contributed by atoms with van der Waals surface area (Å²) in [5.41, 5.74) is 6.11. The molecule has 24 heavy (non-hydrogen) atoms. The molecule has 1 rings (SSSR count). The zero-order chi connectivity index (χ0) is 17.6. The number of piperidine rings is 1. The van der Waals surface area contributed by atoms with Gasteiger partial charge in [-0.05, 0) is 25.8 Å². The number of nitrogens with zero attached hydrogens (tertiary/aromatic N) is 2. The van der Waals surface area contributed by atoms with Gasteiger partial charge in [-0.1, -0.05) is 78.1 Å². The average molecular weight is 336 g/mol. The van der Waals surface area contributed by atoms with Gasteiger partial charge in [-0.25, -0.2) is 0 Å². The molecule has 0 aromatic rings. The van der Waals surface area contributed by atoms with E-state index in [2.05, 4.69) is 24.8 Å². The molecule has 0 aliphatic carbocycles. The van der Waals surface area contributed by atoms with E-state index in [0.717, 1.165) is 19.5 Å². The fraction of sp³-hybridized carbons (Fsp3) is 0.952. The van der Waals surface area contributed by atoms with Crippen molar-refractivity contribution in [1.29, 1.82) is 5.26 Å². The van der Waals surface area contributed by atoms with Gasteiger partial charge in [0.1, 0.15) is 0 Å². The lowest BCUT2D eigenvalue weighted by Crippen LogP contribution is -2.50. The standard InChI is InChI=1S/C21H41N3/c1-3-5-7-9-11-13-20(14-12-10-8-6-4-2)24-16-15-21(23)19(17-22)18-24/h19-21H,3-16,18,23H2,1-2H3/t19-,21+/m0/s1. The highest BCUT2D eigenvalue weighted by Crippen LogP contribution is 2.24. The summed E-state index contributed by atoms with van der Waals surface area (Å²) in [6.45, 7) is 6.54. The van der Waals surface area contributed by atoms with Crippen LogP contribution in [-0.4, -0.2) is 30.1 Å². The lowest BCUT2D eigenvalue weighted by molar-refractivity contribution is 0.113. The van der Waals surface area contributed by atoms with Crippen LogP contribution in [0.5, 0.6) is 0 Å². The Bertz CT molecular complexity index is 322. The summed E-state index contributed by atoms with van der Waals surface area (Å²) in [5, 5.41) is 9.35. The minimum Gasteiger partial charge on any atom is -0.326 e. The number of nitriles is 1. The summed E-state index contributed by atoms with van der Waals surface area (Å²) in [7, 11) is 0. The van der Waals surface area contributed by atoms with Gasteiger partial charge in [0.05, 0.1) is 12.0 Å². The first-order chi connectivity index (χ1) is 11.7. The van der Waals surface area contributed by atoms with E-state index >= 15 is 0 Å². The second-order valence-electron chi connectivity index (χ2n) is 7.74. The van der Waals surface area contributed by atoms with Crippen LogP contribution in [0.25, 0.3) is 0 Å². The summed E-state index contributed by atoms with van der Waals surface area (Å²) in [6.07, 6.45) is 17.2. The van der Waals surface area contributed by atoms with E-state index in [1.165, 1.54) is 77.0 Å².